The Labute approximate surface area is 188 Å². The topological polar surface area (TPSA) is 120 Å². The van der Waals surface area contributed by atoms with E-state index in [1.165, 1.54) is 22.3 Å². The SMILES string of the molecule is CCOC(=O)c1sc2nc(COC(=O)CCCc3c[nH]c4ccccc34)nc(N)c2c1C. The molecule has 0 atom stereocenters. The molecule has 0 saturated heterocycles. The number of benzene rings is 1. The molecule has 1 aromatic carbocycles. The fourth-order valence-electron chi connectivity index (χ4n) is 3.65. The van der Waals surface area contributed by atoms with Crippen LogP contribution in [-0.4, -0.2) is 33.5 Å². The summed E-state index contributed by atoms with van der Waals surface area (Å²) in [5.41, 5.74) is 9.06. The van der Waals surface area contributed by atoms with Crippen LogP contribution < -0.4 is 5.73 Å². The summed E-state index contributed by atoms with van der Waals surface area (Å²) in [6, 6.07) is 8.08. The molecule has 4 aromatic rings. The van der Waals surface area contributed by atoms with Crippen LogP contribution in [0.1, 0.15) is 46.4 Å². The number of ether oxygens (including phenoxy) is 2. The molecular weight excluding hydrogens is 428 g/mol. The van der Waals surface area contributed by atoms with E-state index in [0.29, 0.717) is 39.3 Å². The van der Waals surface area contributed by atoms with Crippen LogP contribution in [0.5, 0.6) is 0 Å². The van der Waals surface area contributed by atoms with E-state index in [-0.39, 0.29) is 25.0 Å². The molecule has 0 aliphatic rings. The van der Waals surface area contributed by atoms with Gasteiger partial charge in [-0.15, -0.1) is 11.3 Å². The van der Waals surface area contributed by atoms with Gasteiger partial charge in [0.25, 0.3) is 0 Å². The van der Waals surface area contributed by atoms with Gasteiger partial charge in [0, 0.05) is 23.5 Å². The lowest BCUT2D eigenvalue weighted by Crippen LogP contribution is -2.08. The first-order valence-electron chi connectivity index (χ1n) is 10.4. The van der Waals surface area contributed by atoms with Gasteiger partial charge >= 0.3 is 11.9 Å². The van der Waals surface area contributed by atoms with Crippen LogP contribution in [-0.2, 0) is 27.3 Å². The van der Waals surface area contributed by atoms with E-state index < -0.39 is 5.97 Å². The Morgan fingerprint density at radius 2 is 2.00 bits per heavy atom. The average molecular weight is 453 g/mol. The molecule has 0 saturated carbocycles. The fourth-order valence-corrected chi connectivity index (χ4v) is 4.75. The fraction of sp³-hybridized carbons (Fsp3) is 0.304. The number of nitrogens with zero attached hydrogens (tertiary/aromatic N) is 2. The van der Waals surface area contributed by atoms with Gasteiger partial charge in [-0.25, -0.2) is 14.8 Å². The van der Waals surface area contributed by atoms with Crippen molar-refractivity contribution in [2.75, 3.05) is 12.3 Å². The lowest BCUT2D eigenvalue weighted by atomic mass is 10.1. The number of hydrogen-bond acceptors (Lipinski definition) is 8. The zero-order valence-electron chi connectivity index (χ0n) is 17.9. The van der Waals surface area contributed by atoms with Gasteiger partial charge in [-0.05, 0) is 43.9 Å². The number of hydrogen-bond donors (Lipinski definition) is 2. The molecule has 4 rings (SSSR count). The third-order valence-corrected chi connectivity index (χ3v) is 6.36. The summed E-state index contributed by atoms with van der Waals surface area (Å²) in [4.78, 5) is 37.3. The van der Waals surface area contributed by atoms with Crippen LogP contribution in [0.4, 0.5) is 5.82 Å². The second-order valence-corrected chi connectivity index (χ2v) is 8.35. The van der Waals surface area contributed by atoms with E-state index in [4.69, 9.17) is 15.2 Å². The number of esters is 2. The van der Waals surface area contributed by atoms with E-state index in [2.05, 4.69) is 21.0 Å². The minimum absolute atomic E-state index is 0.0717. The van der Waals surface area contributed by atoms with Crippen molar-refractivity contribution in [2.45, 2.75) is 39.7 Å². The first-order chi connectivity index (χ1) is 15.5. The molecule has 0 spiro atoms. The second kappa shape index (κ2) is 9.35. The normalized spacial score (nSPS) is 11.2. The first-order valence-corrected chi connectivity index (χ1v) is 11.2. The van der Waals surface area contributed by atoms with E-state index in [1.54, 1.807) is 13.8 Å². The van der Waals surface area contributed by atoms with Crippen molar-refractivity contribution < 1.29 is 19.1 Å². The molecular formula is C23H24N4O4S. The van der Waals surface area contributed by atoms with Crippen molar-refractivity contribution in [3.63, 3.8) is 0 Å². The highest BCUT2D eigenvalue weighted by Gasteiger charge is 2.20. The van der Waals surface area contributed by atoms with Crippen LogP contribution >= 0.6 is 11.3 Å². The minimum atomic E-state index is -0.407. The number of anilines is 1. The molecule has 3 N–H and O–H groups in total. The van der Waals surface area contributed by atoms with Crippen LogP contribution in [0.25, 0.3) is 21.1 Å². The summed E-state index contributed by atoms with van der Waals surface area (Å²) >= 11 is 1.20. The number of aryl methyl sites for hydroxylation is 2. The third-order valence-electron chi connectivity index (χ3n) is 5.19. The molecule has 0 fully saturated rings. The molecule has 166 valence electrons. The molecule has 32 heavy (non-hydrogen) atoms. The molecule has 0 amide bonds. The Hall–Kier alpha value is -3.46. The Morgan fingerprint density at radius 3 is 2.81 bits per heavy atom. The highest BCUT2D eigenvalue weighted by atomic mass is 32.1. The van der Waals surface area contributed by atoms with E-state index in [9.17, 15) is 9.59 Å². The standard InChI is InChI=1S/C23H24N4O4S/c1-3-30-23(29)20-13(2)19-21(24)26-17(27-22(19)32-20)12-31-18(28)10-6-7-14-11-25-16-9-5-4-8-15(14)16/h4-5,8-9,11,25H,3,6-7,10,12H2,1-2H3,(H2,24,26,27). The Kier molecular flexibility index (Phi) is 6.36. The average Bonchev–Trinajstić information content (AvgIpc) is 3.34. The maximum atomic E-state index is 12.2. The number of para-hydroxylation sites is 1. The molecule has 0 unspecified atom stereocenters. The Morgan fingerprint density at radius 1 is 1.19 bits per heavy atom. The summed E-state index contributed by atoms with van der Waals surface area (Å²) < 4.78 is 10.4. The van der Waals surface area contributed by atoms with E-state index in [1.807, 2.05) is 24.4 Å². The molecule has 8 nitrogen and oxygen atoms in total. The van der Waals surface area contributed by atoms with Gasteiger partial charge in [0.1, 0.15) is 15.5 Å². The second-order valence-electron chi connectivity index (χ2n) is 7.36. The largest absolute Gasteiger partial charge is 0.462 e. The van der Waals surface area contributed by atoms with Crippen LogP contribution in [0.15, 0.2) is 30.5 Å². The van der Waals surface area contributed by atoms with Crippen LogP contribution in [0.3, 0.4) is 0 Å². The molecule has 0 aliphatic carbocycles. The van der Waals surface area contributed by atoms with Gasteiger partial charge in [-0.3, -0.25) is 4.79 Å². The van der Waals surface area contributed by atoms with Crippen molar-refractivity contribution >= 4 is 50.2 Å². The maximum absolute atomic E-state index is 12.2. The highest BCUT2D eigenvalue weighted by molar-refractivity contribution is 7.20. The van der Waals surface area contributed by atoms with Gasteiger partial charge in [0.2, 0.25) is 0 Å². The van der Waals surface area contributed by atoms with Crippen LogP contribution in [0.2, 0.25) is 0 Å². The van der Waals surface area contributed by atoms with E-state index >= 15 is 0 Å². The summed E-state index contributed by atoms with van der Waals surface area (Å²) in [5, 5.41) is 1.80. The number of carbonyl (C=O) groups is 2. The van der Waals surface area contributed by atoms with Crippen molar-refractivity contribution in [1.82, 2.24) is 15.0 Å². The lowest BCUT2D eigenvalue weighted by Gasteiger charge is -2.06. The number of nitrogens with one attached hydrogen (secondary N) is 1. The number of nitrogens with two attached hydrogens (primary N) is 1. The predicted molar refractivity (Wildman–Crippen MR) is 124 cm³/mol. The number of aromatic nitrogens is 3. The summed E-state index contributed by atoms with van der Waals surface area (Å²) in [6.45, 7) is 3.76. The molecule has 3 heterocycles. The third kappa shape index (κ3) is 4.43. The lowest BCUT2D eigenvalue weighted by molar-refractivity contribution is -0.145. The summed E-state index contributed by atoms with van der Waals surface area (Å²) in [7, 11) is 0. The summed E-state index contributed by atoms with van der Waals surface area (Å²) in [5.74, 6) is -0.168. The molecule has 0 radical (unpaired) electrons. The molecule has 9 heteroatoms. The number of H-pyrrole nitrogens is 1. The van der Waals surface area contributed by atoms with E-state index in [0.717, 1.165) is 11.9 Å². The minimum Gasteiger partial charge on any atom is -0.462 e. The predicted octanol–water partition coefficient (Wildman–Crippen LogP) is 4.31. The van der Waals surface area contributed by atoms with Gasteiger partial charge in [-0.1, -0.05) is 18.2 Å². The van der Waals surface area contributed by atoms with Crippen molar-refractivity contribution in [2.24, 2.45) is 0 Å². The number of thiophene rings is 1. The quantitative estimate of drug-likeness (QED) is 0.382. The molecule has 3 aromatic heterocycles. The van der Waals surface area contributed by atoms with Gasteiger partial charge in [0.05, 0.1) is 12.0 Å². The number of rotatable bonds is 8. The summed E-state index contributed by atoms with van der Waals surface area (Å²) in [6.07, 6.45) is 3.73. The maximum Gasteiger partial charge on any atom is 0.348 e. The Bertz CT molecular complexity index is 1290. The Balaban J connectivity index is 1.36. The number of carbonyl (C=O) groups excluding carboxylic acids is 2. The smallest absolute Gasteiger partial charge is 0.348 e. The van der Waals surface area contributed by atoms with Gasteiger partial charge in [0.15, 0.2) is 12.4 Å². The van der Waals surface area contributed by atoms with Gasteiger partial charge < -0.3 is 20.2 Å². The highest BCUT2D eigenvalue weighted by Crippen LogP contribution is 2.33. The first kappa shape index (κ1) is 21.8. The monoisotopic (exact) mass is 452 g/mol. The number of nitrogen functional groups attached to an aromatic ring is 1. The van der Waals surface area contributed by atoms with Crippen molar-refractivity contribution in [3.05, 3.63) is 52.3 Å². The molecule has 0 bridgehead atoms. The number of fused-ring (bicyclic) bond motifs is 2. The number of aromatic amines is 1. The zero-order valence-corrected chi connectivity index (χ0v) is 18.8. The zero-order chi connectivity index (χ0) is 22.7. The molecule has 0 aliphatic heterocycles. The van der Waals surface area contributed by atoms with Gasteiger partial charge in [-0.2, -0.15) is 0 Å². The van der Waals surface area contributed by atoms with Crippen molar-refractivity contribution in [1.29, 1.82) is 0 Å². The van der Waals surface area contributed by atoms with Crippen molar-refractivity contribution in [3.8, 4) is 0 Å². The van der Waals surface area contributed by atoms with Crippen LogP contribution in [0, 0.1) is 6.92 Å².